The summed E-state index contributed by atoms with van der Waals surface area (Å²) in [6.45, 7) is 10.2. The second-order valence-corrected chi connectivity index (χ2v) is 3.13. The Balaban J connectivity index is 2.45. The lowest BCUT2D eigenvalue weighted by atomic mass is 10.4. The fourth-order valence-corrected chi connectivity index (χ4v) is 1.86. The largest absolute Gasteiger partial charge is 0.324 e. The number of hydrogen-bond donors (Lipinski definition) is 0. The zero-order valence-electron chi connectivity index (χ0n) is 6.69. The molecule has 1 heteroatoms. The Labute approximate surface area is 58.3 Å². The van der Waals surface area contributed by atoms with E-state index in [0.717, 1.165) is 0 Å². The van der Waals surface area contributed by atoms with Crippen LogP contribution >= 0.6 is 0 Å². The SMILES string of the molecule is CC[N+]1(CC)CCCC1. The summed E-state index contributed by atoms with van der Waals surface area (Å²) in [5.74, 6) is 0. The van der Waals surface area contributed by atoms with E-state index in [2.05, 4.69) is 13.8 Å². The molecule has 0 atom stereocenters. The van der Waals surface area contributed by atoms with Gasteiger partial charge in [-0.2, -0.15) is 0 Å². The molecule has 1 aliphatic heterocycles. The molecule has 0 spiro atoms. The molecule has 0 aromatic heterocycles. The van der Waals surface area contributed by atoms with Crippen LogP contribution in [0.15, 0.2) is 0 Å². The first kappa shape index (κ1) is 7.07. The van der Waals surface area contributed by atoms with E-state index in [1.165, 1.54) is 43.5 Å². The Morgan fingerprint density at radius 2 is 1.44 bits per heavy atom. The summed E-state index contributed by atoms with van der Waals surface area (Å²) < 4.78 is 1.39. The van der Waals surface area contributed by atoms with Crippen molar-refractivity contribution in [3.05, 3.63) is 0 Å². The fraction of sp³-hybridized carbons (Fsp3) is 1.00. The molecule has 0 N–H and O–H groups in total. The number of quaternary nitrogens is 1. The van der Waals surface area contributed by atoms with Gasteiger partial charge in [0, 0.05) is 12.8 Å². The van der Waals surface area contributed by atoms with Crippen LogP contribution in [0.3, 0.4) is 0 Å². The van der Waals surface area contributed by atoms with Crippen molar-refractivity contribution in [1.82, 2.24) is 0 Å². The summed E-state index contributed by atoms with van der Waals surface area (Å²) in [6.07, 6.45) is 2.92. The minimum absolute atomic E-state index is 1.34. The molecule has 9 heavy (non-hydrogen) atoms. The van der Waals surface area contributed by atoms with Crippen molar-refractivity contribution in [2.75, 3.05) is 26.2 Å². The van der Waals surface area contributed by atoms with Gasteiger partial charge in [0.05, 0.1) is 26.2 Å². The number of hydrogen-bond acceptors (Lipinski definition) is 0. The molecule has 0 radical (unpaired) electrons. The van der Waals surface area contributed by atoms with Gasteiger partial charge in [0.25, 0.3) is 0 Å². The molecular weight excluding hydrogens is 110 g/mol. The van der Waals surface area contributed by atoms with Gasteiger partial charge in [-0.3, -0.25) is 0 Å². The van der Waals surface area contributed by atoms with Gasteiger partial charge in [-0.1, -0.05) is 0 Å². The van der Waals surface area contributed by atoms with Crippen molar-refractivity contribution in [2.45, 2.75) is 26.7 Å². The highest BCUT2D eigenvalue weighted by atomic mass is 15.4. The maximum absolute atomic E-state index is 2.31. The summed E-state index contributed by atoms with van der Waals surface area (Å²) in [6, 6.07) is 0. The lowest BCUT2D eigenvalue weighted by Gasteiger charge is -2.31. The van der Waals surface area contributed by atoms with Gasteiger partial charge in [-0.05, 0) is 13.8 Å². The van der Waals surface area contributed by atoms with Gasteiger partial charge in [-0.15, -0.1) is 0 Å². The van der Waals surface area contributed by atoms with Crippen molar-refractivity contribution in [3.8, 4) is 0 Å². The lowest BCUT2D eigenvalue weighted by Crippen LogP contribution is -2.44. The number of likely N-dealkylation sites (tertiary alicyclic amines) is 1. The summed E-state index contributed by atoms with van der Waals surface area (Å²) in [5.41, 5.74) is 0. The monoisotopic (exact) mass is 128 g/mol. The van der Waals surface area contributed by atoms with E-state index < -0.39 is 0 Å². The van der Waals surface area contributed by atoms with Gasteiger partial charge in [0.2, 0.25) is 0 Å². The minimum Gasteiger partial charge on any atom is -0.324 e. The van der Waals surface area contributed by atoms with Crippen molar-refractivity contribution in [3.63, 3.8) is 0 Å². The maximum Gasteiger partial charge on any atom is 0.0788 e. The van der Waals surface area contributed by atoms with Crippen LogP contribution in [0, 0.1) is 0 Å². The van der Waals surface area contributed by atoms with E-state index in [1.54, 1.807) is 0 Å². The van der Waals surface area contributed by atoms with Gasteiger partial charge >= 0.3 is 0 Å². The molecule has 1 fully saturated rings. The van der Waals surface area contributed by atoms with E-state index in [-0.39, 0.29) is 0 Å². The smallest absolute Gasteiger partial charge is 0.0788 e. The topological polar surface area (TPSA) is 0 Å². The highest BCUT2D eigenvalue weighted by molar-refractivity contribution is 4.51. The Morgan fingerprint density at radius 3 is 1.67 bits per heavy atom. The average Bonchev–Trinajstić information content (AvgIpc) is 2.36. The second kappa shape index (κ2) is 2.70. The molecule has 54 valence electrons. The van der Waals surface area contributed by atoms with Crippen LogP contribution in [0.2, 0.25) is 0 Å². The molecular formula is C8H18N+. The van der Waals surface area contributed by atoms with Crippen LogP contribution in [0.25, 0.3) is 0 Å². The first-order chi connectivity index (χ1) is 4.33. The van der Waals surface area contributed by atoms with Crippen LogP contribution in [0.5, 0.6) is 0 Å². The predicted octanol–water partition coefficient (Wildman–Crippen LogP) is 1.64. The summed E-state index contributed by atoms with van der Waals surface area (Å²) >= 11 is 0. The molecule has 1 nitrogen and oxygen atoms in total. The Hall–Kier alpha value is -0.0400. The third-order valence-corrected chi connectivity index (χ3v) is 2.86. The molecule has 1 heterocycles. The first-order valence-electron chi connectivity index (χ1n) is 4.18. The minimum atomic E-state index is 1.34. The third kappa shape index (κ3) is 1.26. The number of rotatable bonds is 2. The van der Waals surface area contributed by atoms with Gasteiger partial charge in [0.1, 0.15) is 0 Å². The molecule has 1 rings (SSSR count). The normalized spacial score (nSPS) is 24.7. The zero-order valence-corrected chi connectivity index (χ0v) is 6.69. The molecule has 0 unspecified atom stereocenters. The van der Waals surface area contributed by atoms with Gasteiger partial charge in [0.15, 0.2) is 0 Å². The van der Waals surface area contributed by atoms with E-state index in [9.17, 15) is 0 Å². The molecule has 0 aliphatic carbocycles. The Morgan fingerprint density at radius 1 is 1.00 bits per heavy atom. The predicted molar refractivity (Wildman–Crippen MR) is 40.3 cm³/mol. The van der Waals surface area contributed by atoms with E-state index in [0.29, 0.717) is 0 Å². The molecule has 0 amide bonds. The van der Waals surface area contributed by atoms with Crippen molar-refractivity contribution < 1.29 is 4.48 Å². The standard InChI is InChI=1S/C8H18N/c1-3-9(4-2)7-5-6-8-9/h3-8H2,1-2H3/q+1. The Bertz CT molecular complexity index is 76.6. The van der Waals surface area contributed by atoms with Crippen LogP contribution in [-0.2, 0) is 0 Å². The summed E-state index contributed by atoms with van der Waals surface area (Å²) in [5, 5.41) is 0. The molecule has 0 bridgehead atoms. The first-order valence-corrected chi connectivity index (χ1v) is 4.18. The highest BCUT2D eigenvalue weighted by Crippen LogP contribution is 2.17. The summed E-state index contributed by atoms with van der Waals surface area (Å²) in [4.78, 5) is 0. The van der Waals surface area contributed by atoms with E-state index in [4.69, 9.17) is 0 Å². The quantitative estimate of drug-likeness (QED) is 0.496. The van der Waals surface area contributed by atoms with Crippen LogP contribution in [-0.4, -0.2) is 30.7 Å². The van der Waals surface area contributed by atoms with Crippen LogP contribution < -0.4 is 0 Å². The third-order valence-electron chi connectivity index (χ3n) is 2.86. The molecule has 1 aliphatic rings. The number of nitrogens with zero attached hydrogens (tertiary/aromatic N) is 1. The summed E-state index contributed by atoms with van der Waals surface area (Å²) in [7, 11) is 0. The second-order valence-electron chi connectivity index (χ2n) is 3.13. The van der Waals surface area contributed by atoms with Gasteiger partial charge < -0.3 is 4.48 Å². The van der Waals surface area contributed by atoms with Crippen molar-refractivity contribution in [1.29, 1.82) is 0 Å². The van der Waals surface area contributed by atoms with Crippen molar-refractivity contribution in [2.24, 2.45) is 0 Å². The van der Waals surface area contributed by atoms with E-state index >= 15 is 0 Å². The fourth-order valence-electron chi connectivity index (χ4n) is 1.86. The molecule has 0 saturated carbocycles. The van der Waals surface area contributed by atoms with Crippen LogP contribution in [0.1, 0.15) is 26.7 Å². The van der Waals surface area contributed by atoms with Crippen molar-refractivity contribution >= 4 is 0 Å². The van der Waals surface area contributed by atoms with Gasteiger partial charge in [-0.25, -0.2) is 0 Å². The van der Waals surface area contributed by atoms with Crippen LogP contribution in [0.4, 0.5) is 0 Å². The average molecular weight is 128 g/mol. The maximum atomic E-state index is 2.31. The molecule has 0 aromatic rings. The molecule has 1 saturated heterocycles. The Kier molecular flexibility index (Phi) is 2.12. The molecule has 0 aromatic carbocycles. The zero-order chi connectivity index (χ0) is 6.74. The van der Waals surface area contributed by atoms with E-state index in [1.807, 2.05) is 0 Å². The highest BCUT2D eigenvalue weighted by Gasteiger charge is 2.27. The lowest BCUT2D eigenvalue weighted by molar-refractivity contribution is -0.913.